The van der Waals surface area contributed by atoms with Crippen molar-refractivity contribution in [1.29, 1.82) is 0 Å². The molecule has 3 N–H and O–H groups in total. The fourth-order valence-electron chi connectivity index (χ4n) is 2.25. The van der Waals surface area contributed by atoms with Gasteiger partial charge in [-0.1, -0.05) is 6.92 Å². The second-order valence-corrected chi connectivity index (χ2v) is 5.64. The number of nitrogens with one attached hydrogen (secondary N) is 1. The van der Waals surface area contributed by atoms with Crippen molar-refractivity contribution < 1.29 is 8.78 Å². The maximum Gasteiger partial charge on any atom is 0.143 e. The first kappa shape index (κ1) is 16.1. The molecule has 0 radical (unpaired) electrons. The van der Waals surface area contributed by atoms with Crippen LogP contribution in [0.2, 0.25) is 0 Å². The van der Waals surface area contributed by atoms with Gasteiger partial charge in [-0.3, -0.25) is 16.0 Å². The van der Waals surface area contributed by atoms with E-state index >= 15 is 0 Å². The van der Waals surface area contributed by atoms with Gasteiger partial charge in [0.15, 0.2) is 0 Å². The molecule has 0 aliphatic heterocycles. The molecular weight excluding hydrogens is 342 g/mol. The number of hydrogen-bond donors (Lipinski definition) is 2. The van der Waals surface area contributed by atoms with Crippen molar-refractivity contribution in [2.24, 2.45) is 12.9 Å². The van der Waals surface area contributed by atoms with Gasteiger partial charge in [0.1, 0.15) is 11.6 Å². The maximum atomic E-state index is 14.1. The van der Waals surface area contributed by atoms with E-state index in [0.717, 1.165) is 17.8 Å². The number of benzene rings is 1. The van der Waals surface area contributed by atoms with Crippen LogP contribution in [0.15, 0.2) is 22.7 Å². The van der Waals surface area contributed by atoms with E-state index in [-0.39, 0.29) is 16.5 Å². The lowest BCUT2D eigenvalue weighted by Crippen LogP contribution is -2.31. The van der Waals surface area contributed by atoms with Gasteiger partial charge >= 0.3 is 0 Å². The van der Waals surface area contributed by atoms with Gasteiger partial charge in [0.2, 0.25) is 0 Å². The highest BCUT2D eigenvalue weighted by molar-refractivity contribution is 9.10. The van der Waals surface area contributed by atoms with Gasteiger partial charge in [0.05, 0.1) is 21.9 Å². The van der Waals surface area contributed by atoms with Gasteiger partial charge in [-0.05, 0) is 40.5 Å². The van der Waals surface area contributed by atoms with Crippen LogP contribution in [-0.2, 0) is 19.9 Å². The molecule has 0 saturated heterocycles. The third kappa shape index (κ3) is 3.30. The Morgan fingerprint density at radius 2 is 2.14 bits per heavy atom. The monoisotopic (exact) mass is 358 g/mol. The number of nitrogens with zero attached hydrogens (tertiary/aromatic N) is 2. The van der Waals surface area contributed by atoms with Gasteiger partial charge in [-0.15, -0.1) is 0 Å². The largest absolute Gasteiger partial charge is 0.271 e. The fraction of sp³-hybridized carbons (Fsp3) is 0.357. The van der Waals surface area contributed by atoms with Crippen molar-refractivity contribution in [1.82, 2.24) is 15.2 Å². The lowest BCUT2D eigenvalue weighted by Gasteiger charge is -2.17. The Kier molecular flexibility index (Phi) is 5.08. The van der Waals surface area contributed by atoms with Gasteiger partial charge in [0.25, 0.3) is 0 Å². The van der Waals surface area contributed by atoms with E-state index < -0.39 is 17.7 Å². The molecule has 2 rings (SSSR count). The summed E-state index contributed by atoms with van der Waals surface area (Å²) in [5, 5.41) is 4.33. The molecule has 4 nitrogen and oxygen atoms in total. The van der Waals surface area contributed by atoms with E-state index in [4.69, 9.17) is 5.84 Å². The highest BCUT2D eigenvalue weighted by Crippen LogP contribution is 2.26. The lowest BCUT2D eigenvalue weighted by atomic mass is 10.0. The number of hydrazine groups is 1. The van der Waals surface area contributed by atoms with E-state index in [2.05, 4.69) is 26.5 Å². The third-order valence-electron chi connectivity index (χ3n) is 3.43. The highest BCUT2D eigenvalue weighted by atomic mass is 79.9. The number of hydrogen-bond acceptors (Lipinski definition) is 3. The maximum absolute atomic E-state index is 14.1. The van der Waals surface area contributed by atoms with Crippen LogP contribution >= 0.6 is 15.9 Å². The summed E-state index contributed by atoms with van der Waals surface area (Å²) < 4.78 is 29.8. The van der Waals surface area contributed by atoms with Crippen LogP contribution in [0.5, 0.6) is 0 Å². The Balaban J connectivity index is 2.35. The Morgan fingerprint density at radius 1 is 1.43 bits per heavy atom. The molecular formula is C14H17BrF2N4. The molecule has 2 aromatic rings. The minimum absolute atomic E-state index is 0.00780. The number of aromatic nitrogens is 2. The molecule has 7 heteroatoms. The van der Waals surface area contributed by atoms with Crippen LogP contribution in [0, 0.1) is 11.6 Å². The Morgan fingerprint density at radius 3 is 2.71 bits per heavy atom. The van der Waals surface area contributed by atoms with Gasteiger partial charge in [-0.25, -0.2) is 8.78 Å². The summed E-state index contributed by atoms with van der Waals surface area (Å²) in [5.41, 5.74) is 4.29. The SMILES string of the molecule is CCc1cc(C(Cc2c(F)ccc(Br)c2F)NN)n(C)n1. The Hall–Kier alpha value is -1.31. The molecule has 0 bridgehead atoms. The average molecular weight is 359 g/mol. The lowest BCUT2D eigenvalue weighted by molar-refractivity contribution is 0.475. The van der Waals surface area contributed by atoms with Crippen molar-refractivity contribution in [2.45, 2.75) is 25.8 Å². The van der Waals surface area contributed by atoms with Gasteiger partial charge < -0.3 is 0 Å². The van der Waals surface area contributed by atoms with Crippen molar-refractivity contribution in [2.75, 3.05) is 0 Å². The van der Waals surface area contributed by atoms with Gasteiger partial charge in [0, 0.05) is 19.0 Å². The standard InChI is InChI=1S/C14H17BrF2N4/c1-3-8-6-13(21(2)20-8)12(19-18)7-9-11(16)5-4-10(15)14(9)17/h4-6,12,19H,3,7,18H2,1-2H3. The Bertz CT molecular complexity index is 642. The third-order valence-corrected chi connectivity index (χ3v) is 4.05. The second kappa shape index (κ2) is 6.64. The minimum Gasteiger partial charge on any atom is -0.271 e. The summed E-state index contributed by atoms with van der Waals surface area (Å²) in [6.45, 7) is 1.99. The molecule has 0 aliphatic carbocycles. The number of halogens is 3. The zero-order valence-corrected chi connectivity index (χ0v) is 13.4. The minimum atomic E-state index is -0.604. The van der Waals surface area contributed by atoms with Crippen LogP contribution in [-0.4, -0.2) is 9.78 Å². The average Bonchev–Trinajstić information content (AvgIpc) is 2.85. The van der Waals surface area contributed by atoms with Gasteiger partial charge in [-0.2, -0.15) is 5.10 Å². The number of rotatable bonds is 5. The molecule has 1 aromatic carbocycles. The van der Waals surface area contributed by atoms with Crippen LogP contribution in [0.1, 0.15) is 29.9 Å². The number of nitrogens with two attached hydrogens (primary N) is 1. The van der Waals surface area contributed by atoms with Crippen LogP contribution in [0.3, 0.4) is 0 Å². The van der Waals surface area contributed by atoms with E-state index in [1.807, 2.05) is 13.0 Å². The molecule has 0 amide bonds. The fourth-order valence-corrected chi connectivity index (χ4v) is 2.62. The first-order valence-electron chi connectivity index (χ1n) is 6.59. The van der Waals surface area contributed by atoms with Crippen molar-refractivity contribution in [3.8, 4) is 0 Å². The first-order chi connectivity index (χ1) is 9.97. The van der Waals surface area contributed by atoms with Crippen molar-refractivity contribution in [3.05, 3.63) is 51.3 Å². The topological polar surface area (TPSA) is 55.9 Å². The molecule has 21 heavy (non-hydrogen) atoms. The summed E-state index contributed by atoms with van der Waals surface area (Å²) in [5.74, 6) is 4.37. The zero-order chi connectivity index (χ0) is 15.6. The predicted molar refractivity (Wildman–Crippen MR) is 80.4 cm³/mol. The molecule has 1 unspecified atom stereocenters. The molecule has 0 spiro atoms. The smallest absolute Gasteiger partial charge is 0.143 e. The van der Waals surface area contributed by atoms with Crippen molar-refractivity contribution >= 4 is 15.9 Å². The summed E-state index contributed by atoms with van der Waals surface area (Å²) in [4.78, 5) is 0. The molecule has 114 valence electrons. The molecule has 1 heterocycles. The summed E-state index contributed by atoms with van der Waals surface area (Å²) in [7, 11) is 1.78. The zero-order valence-electron chi connectivity index (χ0n) is 11.8. The van der Waals surface area contributed by atoms with Crippen LogP contribution < -0.4 is 11.3 Å². The van der Waals surface area contributed by atoms with Crippen molar-refractivity contribution in [3.63, 3.8) is 0 Å². The molecule has 1 atom stereocenters. The van der Waals surface area contributed by atoms with E-state index in [0.29, 0.717) is 0 Å². The molecule has 0 aliphatic rings. The molecule has 0 saturated carbocycles. The van der Waals surface area contributed by atoms with E-state index in [9.17, 15) is 8.78 Å². The Labute approximate surface area is 130 Å². The highest BCUT2D eigenvalue weighted by Gasteiger charge is 2.21. The van der Waals surface area contributed by atoms with Crippen LogP contribution in [0.25, 0.3) is 0 Å². The summed E-state index contributed by atoms with van der Waals surface area (Å²) in [6.07, 6.45) is 0.876. The normalized spacial score (nSPS) is 12.7. The quantitative estimate of drug-likeness (QED) is 0.490. The molecule has 1 aromatic heterocycles. The summed E-state index contributed by atoms with van der Waals surface area (Å²) in [6, 6.07) is 4.04. The number of aryl methyl sites for hydroxylation is 2. The van der Waals surface area contributed by atoms with E-state index in [1.54, 1.807) is 11.7 Å². The van der Waals surface area contributed by atoms with E-state index in [1.165, 1.54) is 12.1 Å². The first-order valence-corrected chi connectivity index (χ1v) is 7.38. The summed E-state index contributed by atoms with van der Waals surface area (Å²) >= 11 is 3.07. The predicted octanol–water partition coefficient (Wildman–Crippen LogP) is 2.77. The van der Waals surface area contributed by atoms with Crippen LogP contribution in [0.4, 0.5) is 8.78 Å². The molecule has 0 fully saturated rings. The second-order valence-electron chi connectivity index (χ2n) is 4.78.